The molecule has 0 bridgehead atoms. The number of esters is 2. The van der Waals surface area contributed by atoms with E-state index < -0.39 is 34.4 Å². The molecule has 0 aromatic heterocycles. The fraction of sp³-hybridized carbons (Fsp3) is 0.500. The highest BCUT2D eigenvalue weighted by Gasteiger charge is 2.23. The first kappa shape index (κ1) is 20.9. The third kappa shape index (κ3) is 7.10. The quantitative estimate of drug-likeness (QED) is 0.489. The minimum absolute atomic E-state index is 0.0188. The number of hydrogen-bond acceptors (Lipinski definition) is 7. The highest BCUT2D eigenvalue weighted by atomic mass is 32.2. The highest BCUT2D eigenvalue weighted by Crippen LogP contribution is 2.26. The van der Waals surface area contributed by atoms with Crippen LogP contribution in [0.4, 0.5) is 0 Å². The van der Waals surface area contributed by atoms with E-state index in [0.29, 0.717) is 12.8 Å². The lowest BCUT2D eigenvalue weighted by atomic mass is 10.1. The van der Waals surface area contributed by atoms with Crippen LogP contribution < -0.4 is 4.74 Å². The summed E-state index contributed by atoms with van der Waals surface area (Å²) < 4.78 is 45.9. The lowest BCUT2D eigenvalue weighted by Crippen LogP contribution is -2.18. The third-order valence-electron chi connectivity index (χ3n) is 2.92. The molecule has 0 saturated carbocycles. The van der Waals surface area contributed by atoms with Crippen molar-refractivity contribution >= 4 is 22.1 Å². The Morgan fingerprint density at radius 3 is 1.84 bits per heavy atom. The molecule has 0 aliphatic rings. The maximum absolute atomic E-state index is 12.2. The number of rotatable bonds is 10. The molecule has 1 aromatic rings. The van der Waals surface area contributed by atoms with Gasteiger partial charge in [0.25, 0.3) is 10.1 Å². The van der Waals surface area contributed by atoms with E-state index >= 15 is 0 Å². The Hall–Kier alpha value is -2.13. The average Bonchev–Trinajstić information content (AvgIpc) is 2.56. The molecule has 0 saturated heterocycles. The minimum Gasteiger partial charge on any atom is -0.491 e. The van der Waals surface area contributed by atoms with Gasteiger partial charge in [-0.05, 0) is 25.0 Å². The van der Waals surface area contributed by atoms with Gasteiger partial charge in [0.2, 0.25) is 0 Å². The fourth-order valence-electron chi connectivity index (χ4n) is 1.81. The average molecular weight is 374 g/mol. The standard InChI is InChI=1S/C16H22O8S/c1-3-8-23-15(17)12-6-5-7-13(16(18)24-9-4-2)14(12)22-10-11-25(19,20)21/h5-7H,3-4,8-11H2,1-2H3,(H,19,20,21). The topological polar surface area (TPSA) is 116 Å². The molecule has 0 amide bonds. The Kier molecular flexibility index (Phi) is 8.36. The van der Waals surface area contributed by atoms with Gasteiger partial charge in [-0.3, -0.25) is 4.55 Å². The maximum atomic E-state index is 12.2. The van der Waals surface area contributed by atoms with Gasteiger partial charge in [-0.1, -0.05) is 19.9 Å². The van der Waals surface area contributed by atoms with Crippen molar-refractivity contribution in [1.29, 1.82) is 0 Å². The molecule has 0 aliphatic carbocycles. The maximum Gasteiger partial charge on any atom is 0.341 e. The number of carbonyl (C=O) groups is 2. The van der Waals surface area contributed by atoms with Crippen LogP contribution in [0.1, 0.15) is 47.4 Å². The van der Waals surface area contributed by atoms with Crippen molar-refractivity contribution in [2.75, 3.05) is 25.6 Å². The molecule has 0 radical (unpaired) electrons. The molecule has 1 rings (SSSR count). The third-order valence-corrected chi connectivity index (χ3v) is 3.60. The van der Waals surface area contributed by atoms with Crippen LogP contribution in [-0.4, -0.2) is 50.5 Å². The van der Waals surface area contributed by atoms with E-state index in [1.54, 1.807) is 0 Å². The predicted octanol–water partition coefficient (Wildman–Crippen LogP) is 2.09. The summed E-state index contributed by atoms with van der Waals surface area (Å²) in [6.45, 7) is 3.59. The molecule has 0 aliphatic heterocycles. The first-order valence-corrected chi connectivity index (χ1v) is 9.46. The predicted molar refractivity (Wildman–Crippen MR) is 89.5 cm³/mol. The van der Waals surface area contributed by atoms with Gasteiger partial charge in [0, 0.05) is 0 Å². The molecule has 9 heteroatoms. The normalized spacial score (nSPS) is 11.0. The molecule has 25 heavy (non-hydrogen) atoms. The van der Waals surface area contributed by atoms with Crippen LogP contribution in [0.25, 0.3) is 0 Å². The van der Waals surface area contributed by atoms with Gasteiger partial charge in [0.1, 0.15) is 29.2 Å². The van der Waals surface area contributed by atoms with Crippen molar-refractivity contribution in [1.82, 2.24) is 0 Å². The van der Waals surface area contributed by atoms with Gasteiger partial charge in [0.15, 0.2) is 0 Å². The number of benzene rings is 1. The van der Waals surface area contributed by atoms with Crippen molar-refractivity contribution in [2.45, 2.75) is 26.7 Å². The second-order valence-electron chi connectivity index (χ2n) is 5.09. The largest absolute Gasteiger partial charge is 0.491 e. The molecule has 1 aromatic carbocycles. The lowest BCUT2D eigenvalue weighted by molar-refractivity contribution is 0.0495. The van der Waals surface area contributed by atoms with Gasteiger partial charge in [-0.15, -0.1) is 0 Å². The van der Waals surface area contributed by atoms with Crippen molar-refractivity contribution in [3.8, 4) is 5.75 Å². The lowest BCUT2D eigenvalue weighted by Gasteiger charge is -2.14. The summed E-state index contributed by atoms with van der Waals surface area (Å²) in [4.78, 5) is 24.3. The fourth-order valence-corrected chi connectivity index (χ4v) is 2.10. The van der Waals surface area contributed by atoms with Crippen LogP contribution in [0.2, 0.25) is 0 Å². The van der Waals surface area contributed by atoms with E-state index in [2.05, 4.69) is 0 Å². The zero-order chi connectivity index (χ0) is 18.9. The Labute approximate surface area is 146 Å². The zero-order valence-corrected chi connectivity index (χ0v) is 15.0. The summed E-state index contributed by atoms with van der Waals surface area (Å²) >= 11 is 0. The molecule has 1 N–H and O–H groups in total. The van der Waals surface area contributed by atoms with Gasteiger partial charge in [0.05, 0.1) is 13.2 Å². The molecular formula is C16H22O8S. The molecule has 0 fully saturated rings. The van der Waals surface area contributed by atoms with Crippen molar-refractivity contribution in [2.24, 2.45) is 0 Å². The first-order chi connectivity index (χ1) is 11.8. The Balaban J connectivity index is 3.13. The van der Waals surface area contributed by atoms with Crippen molar-refractivity contribution in [3.63, 3.8) is 0 Å². The van der Waals surface area contributed by atoms with E-state index in [1.165, 1.54) is 18.2 Å². The van der Waals surface area contributed by atoms with Crippen LogP contribution in [0, 0.1) is 0 Å². The number of para-hydroxylation sites is 1. The molecule has 8 nitrogen and oxygen atoms in total. The van der Waals surface area contributed by atoms with E-state index in [9.17, 15) is 18.0 Å². The second-order valence-corrected chi connectivity index (χ2v) is 6.66. The number of carbonyl (C=O) groups excluding carboxylic acids is 2. The summed E-state index contributed by atoms with van der Waals surface area (Å²) in [6.07, 6.45) is 1.23. The van der Waals surface area contributed by atoms with Crippen molar-refractivity contribution in [3.05, 3.63) is 29.3 Å². The summed E-state index contributed by atoms with van der Waals surface area (Å²) in [7, 11) is -4.25. The van der Waals surface area contributed by atoms with E-state index in [-0.39, 0.29) is 30.1 Å². The van der Waals surface area contributed by atoms with E-state index in [1.807, 2.05) is 13.8 Å². The van der Waals surface area contributed by atoms with Gasteiger partial charge in [-0.25, -0.2) is 9.59 Å². The molecule has 0 atom stereocenters. The minimum atomic E-state index is -4.25. The number of hydrogen-bond donors (Lipinski definition) is 1. The molecular weight excluding hydrogens is 352 g/mol. The molecule has 0 unspecified atom stereocenters. The van der Waals surface area contributed by atoms with Crippen molar-refractivity contribution < 1.29 is 36.8 Å². The molecule has 140 valence electrons. The summed E-state index contributed by atoms with van der Waals surface area (Å²) in [5.74, 6) is -2.22. The van der Waals surface area contributed by atoms with Gasteiger partial charge < -0.3 is 14.2 Å². The van der Waals surface area contributed by atoms with Crippen LogP contribution in [0.5, 0.6) is 5.75 Å². The van der Waals surface area contributed by atoms with Gasteiger partial charge >= 0.3 is 11.9 Å². The van der Waals surface area contributed by atoms with Gasteiger partial charge in [-0.2, -0.15) is 8.42 Å². The molecule has 0 heterocycles. The Morgan fingerprint density at radius 2 is 1.44 bits per heavy atom. The van der Waals surface area contributed by atoms with Crippen LogP contribution in [0.15, 0.2) is 18.2 Å². The van der Waals surface area contributed by atoms with Crippen LogP contribution in [-0.2, 0) is 19.6 Å². The SMILES string of the molecule is CCCOC(=O)c1cccc(C(=O)OCCC)c1OCCS(=O)(=O)O. The number of ether oxygens (including phenoxy) is 3. The first-order valence-electron chi connectivity index (χ1n) is 7.85. The summed E-state index contributed by atoms with van der Waals surface area (Å²) in [6, 6.07) is 4.27. The summed E-state index contributed by atoms with van der Waals surface area (Å²) in [5, 5.41) is 0. The summed E-state index contributed by atoms with van der Waals surface area (Å²) in [5.41, 5.74) is -0.0375. The zero-order valence-electron chi connectivity index (χ0n) is 14.2. The van der Waals surface area contributed by atoms with E-state index in [0.717, 1.165) is 0 Å². The molecule has 0 spiro atoms. The second kappa shape index (κ2) is 10.00. The Bertz CT molecular complexity index is 658. The van der Waals surface area contributed by atoms with Crippen LogP contribution in [0.3, 0.4) is 0 Å². The highest BCUT2D eigenvalue weighted by molar-refractivity contribution is 7.85. The Morgan fingerprint density at radius 1 is 0.960 bits per heavy atom. The monoisotopic (exact) mass is 374 g/mol. The van der Waals surface area contributed by atoms with Crippen LogP contribution >= 0.6 is 0 Å². The van der Waals surface area contributed by atoms with E-state index in [4.69, 9.17) is 18.8 Å². The smallest absolute Gasteiger partial charge is 0.341 e.